The van der Waals surface area contributed by atoms with Crippen molar-refractivity contribution in [3.05, 3.63) is 0 Å². The van der Waals surface area contributed by atoms with Crippen LogP contribution < -0.4 is 5.32 Å². The number of hydrogen-bond donors (Lipinski definition) is 4. The lowest BCUT2D eigenvalue weighted by atomic mass is 10.1. The van der Waals surface area contributed by atoms with Crippen LogP contribution in [0.1, 0.15) is 0 Å². The molecule has 1 saturated carbocycles. The van der Waals surface area contributed by atoms with E-state index in [9.17, 15) is 10.2 Å². The summed E-state index contributed by atoms with van der Waals surface area (Å²) in [7, 11) is 3.71. The van der Waals surface area contributed by atoms with Crippen LogP contribution in [0.25, 0.3) is 0 Å². The minimum Gasteiger partial charge on any atom is -0.396 e. The van der Waals surface area contributed by atoms with Crippen LogP contribution >= 0.6 is 0 Å². The van der Waals surface area contributed by atoms with Crippen molar-refractivity contribution in [2.24, 2.45) is 5.92 Å². The molecule has 2 aliphatic rings. The highest BCUT2D eigenvalue weighted by atomic mass is 16.5. The van der Waals surface area contributed by atoms with Gasteiger partial charge in [0.05, 0.1) is 31.0 Å². The lowest BCUT2D eigenvalue weighted by Crippen LogP contribution is -2.46. The van der Waals surface area contributed by atoms with Gasteiger partial charge in [0, 0.05) is 5.92 Å². The number of ether oxygens (including phenoxy) is 1. The first-order chi connectivity index (χ1) is 7.06. The average Bonchev–Trinajstić information content (AvgIpc) is 2.69. The van der Waals surface area contributed by atoms with Crippen molar-refractivity contribution in [3.8, 4) is 0 Å². The molecule has 4 N–H and O–H groups in total. The second kappa shape index (κ2) is 3.97. The molecule has 1 heterocycles. The highest BCUT2D eigenvalue weighted by Gasteiger charge is 2.54. The summed E-state index contributed by atoms with van der Waals surface area (Å²) < 4.78 is 5.63. The van der Waals surface area contributed by atoms with Gasteiger partial charge in [-0.05, 0) is 14.1 Å². The van der Waals surface area contributed by atoms with E-state index in [0.717, 1.165) is 0 Å². The van der Waals surface area contributed by atoms with Crippen molar-refractivity contribution >= 4 is 0 Å². The minimum atomic E-state index is -0.916. The van der Waals surface area contributed by atoms with E-state index < -0.39 is 18.1 Å². The Bertz CT molecular complexity index is 238. The lowest BCUT2D eigenvalue weighted by molar-refractivity contribution is -0.0864. The maximum absolute atomic E-state index is 9.75. The molecule has 0 spiro atoms. The van der Waals surface area contributed by atoms with E-state index >= 15 is 0 Å². The summed E-state index contributed by atoms with van der Waals surface area (Å²) in [5.74, 6) is -0.414. The van der Waals surface area contributed by atoms with Gasteiger partial charge in [-0.1, -0.05) is 0 Å². The monoisotopic (exact) mass is 218 g/mol. The fourth-order valence-corrected chi connectivity index (χ4v) is 2.34. The van der Waals surface area contributed by atoms with E-state index in [-0.39, 0.29) is 25.1 Å². The fraction of sp³-hybridized carbons (Fsp3) is 1.00. The van der Waals surface area contributed by atoms with E-state index in [0.29, 0.717) is 0 Å². The van der Waals surface area contributed by atoms with Gasteiger partial charge in [-0.15, -0.1) is 0 Å². The van der Waals surface area contributed by atoms with Gasteiger partial charge in [0.2, 0.25) is 0 Å². The standard InChI is InChI=1S/C9H18N2O4/c1-11(2)9-10-5-7(14)6(13)4(3-12)8(5)15-9/h4-10,12-14H,3H2,1-2H3/t4-,5-,6-,7-,8+,9?/m1/s1. The van der Waals surface area contributed by atoms with E-state index in [4.69, 9.17) is 9.84 Å². The molecule has 6 heteroatoms. The molecule has 6 nitrogen and oxygen atoms in total. The zero-order valence-corrected chi connectivity index (χ0v) is 8.87. The number of aliphatic hydroxyl groups is 3. The first-order valence-corrected chi connectivity index (χ1v) is 5.11. The van der Waals surface area contributed by atoms with Crippen LogP contribution in [0.3, 0.4) is 0 Å². The van der Waals surface area contributed by atoms with Gasteiger partial charge in [0.1, 0.15) is 0 Å². The largest absolute Gasteiger partial charge is 0.396 e. The molecular weight excluding hydrogens is 200 g/mol. The lowest BCUT2D eigenvalue weighted by Gasteiger charge is -2.24. The fourth-order valence-electron chi connectivity index (χ4n) is 2.34. The SMILES string of the molecule is CN(C)C1N[C@@H]2[C@@H](O)[C@H](O)[C@@H](CO)[C@@H]2O1. The van der Waals surface area contributed by atoms with Crippen LogP contribution in [0, 0.1) is 5.92 Å². The van der Waals surface area contributed by atoms with Crippen LogP contribution in [-0.4, -0.2) is 71.6 Å². The van der Waals surface area contributed by atoms with Crippen molar-refractivity contribution in [2.75, 3.05) is 20.7 Å². The summed E-state index contributed by atoms with van der Waals surface area (Å²) >= 11 is 0. The van der Waals surface area contributed by atoms with Crippen molar-refractivity contribution in [1.29, 1.82) is 0 Å². The first kappa shape index (κ1) is 11.3. The number of nitrogens with one attached hydrogen (secondary N) is 1. The van der Waals surface area contributed by atoms with Crippen molar-refractivity contribution in [1.82, 2.24) is 10.2 Å². The molecule has 1 unspecified atom stereocenters. The van der Waals surface area contributed by atoms with E-state index in [1.54, 1.807) is 0 Å². The highest BCUT2D eigenvalue weighted by Crippen LogP contribution is 2.34. The average molecular weight is 218 g/mol. The maximum Gasteiger partial charge on any atom is 0.166 e. The zero-order valence-electron chi connectivity index (χ0n) is 8.87. The number of hydrogen-bond acceptors (Lipinski definition) is 6. The molecule has 0 radical (unpaired) electrons. The quantitative estimate of drug-likeness (QED) is 0.411. The highest BCUT2D eigenvalue weighted by molar-refractivity contribution is 5.05. The predicted octanol–water partition coefficient (Wildman–Crippen LogP) is -2.47. The van der Waals surface area contributed by atoms with E-state index in [2.05, 4.69) is 5.32 Å². The Hall–Kier alpha value is -0.240. The van der Waals surface area contributed by atoms with Crippen molar-refractivity contribution in [3.63, 3.8) is 0 Å². The number of rotatable bonds is 2. The second-order valence-corrected chi connectivity index (χ2v) is 4.44. The third-order valence-electron chi connectivity index (χ3n) is 3.23. The molecule has 2 rings (SSSR count). The Morgan fingerprint density at radius 2 is 1.93 bits per heavy atom. The summed E-state index contributed by atoms with van der Waals surface area (Å²) in [4.78, 5) is 1.84. The first-order valence-electron chi connectivity index (χ1n) is 5.11. The number of aliphatic hydroxyl groups excluding tert-OH is 3. The van der Waals surface area contributed by atoms with Gasteiger partial charge in [-0.25, -0.2) is 0 Å². The molecule has 0 aromatic carbocycles. The summed E-state index contributed by atoms with van der Waals surface area (Å²) in [6, 6.07) is -0.301. The summed E-state index contributed by atoms with van der Waals surface area (Å²) in [6.07, 6.45) is -2.39. The molecule has 6 atom stereocenters. The Balaban J connectivity index is 2.10. The Morgan fingerprint density at radius 3 is 2.47 bits per heavy atom. The smallest absolute Gasteiger partial charge is 0.166 e. The van der Waals surface area contributed by atoms with Gasteiger partial charge in [0.25, 0.3) is 0 Å². The van der Waals surface area contributed by atoms with Crippen LogP contribution in [0.5, 0.6) is 0 Å². The second-order valence-electron chi connectivity index (χ2n) is 4.44. The van der Waals surface area contributed by atoms with E-state index in [1.807, 2.05) is 19.0 Å². The molecule has 0 aromatic heterocycles. The topological polar surface area (TPSA) is 85.2 Å². The maximum atomic E-state index is 9.75. The Kier molecular flexibility index (Phi) is 2.98. The molecular formula is C9H18N2O4. The summed E-state index contributed by atoms with van der Waals surface area (Å²) in [6.45, 7) is -0.179. The Morgan fingerprint density at radius 1 is 1.27 bits per heavy atom. The van der Waals surface area contributed by atoms with Gasteiger partial charge in [-0.2, -0.15) is 0 Å². The van der Waals surface area contributed by atoms with Crippen molar-refractivity contribution < 1.29 is 20.1 Å². The van der Waals surface area contributed by atoms with Crippen LogP contribution in [-0.2, 0) is 4.74 Å². The summed E-state index contributed by atoms with van der Waals surface area (Å²) in [5.41, 5.74) is 0. The number of fused-ring (bicyclic) bond motifs is 1. The van der Waals surface area contributed by atoms with Gasteiger partial charge >= 0.3 is 0 Å². The molecule has 1 saturated heterocycles. The van der Waals surface area contributed by atoms with Gasteiger partial charge < -0.3 is 20.1 Å². The third-order valence-corrected chi connectivity index (χ3v) is 3.23. The van der Waals surface area contributed by atoms with Crippen molar-refractivity contribution in [2.45, 2.75) is 30.7 Å². The van der Waals surface area contributed by atoms with E-state index in [1.165, 1.54) is 0 Å². The minimum absolute atomic E-state index is 0.179. The summed E-state index contributed by atoms with van der Waals surface area (Å²) in [5, 5.41) is 31.6. The zero-order chi connectivity index (χ0) is 11.2. The molecule has 0 bridgehead atoms. The molecule has 0 amide bonds. The number of nitrogens with zero attached hydrogens (tertiary/aromatic N) is 1. The van der Waals surface area contributed by atoms with Crippen LogP contribution in [0.2, 0.25) is 0 Å². The molecule has 2 fully saturated rings. The molecule has 15 heavy (non-hydrogen) atoms. The molecule has 0 aromatic rings. The molecule has 1 aliphatic carbocycles. The molecule has 1 aliphatic heterocycles. The Labute approximate surface area is 88.5 Å². The van der Waals surface area contributed by atoms with Crippen LogP contribution in [0.4, 0.5) is 0 Å². The molecule has 88 valence electrons. The van der Waals surface area contributed by atoms with Gasteiger partial charge in [-0.3, -0.25) is 10.2 Å². The van der Waals surface area contributed by atoms with Gasteiger partial charge in [0.15, 0.2) is 6.35 Å². The van der Waals surface area contributed by atoms with Crippen LogP contribution in [0.15, 0.2) is 0 Å². The third kappa shape index (κ3) is 1.67. The normalized spacial score (nSPS) is 50.0. The predicted molar refractivity (Wildman–Crippen MR) is 51.9 cm³/mol.